The first-order valence-corrected chi connectivity index (χ1v) is 7.49. The predicted molar refractivity (Wildman–Crippen MR) is 66.8 cm³/mol. The fourth-order valence-electron chi connectivity index (χ4n) is 2.73. The molecule has 0 bridgehead atoms. The summed E-state index contributed by atoms with van der Waals surface area (Å²) in [7, 11) is -0.645. The summed E-state index contributed by atoms with van der Waals surface area (Å²) in [5.41, 5.74) is 4.09. The van der Waals surface area contributed by atoms with Gasteiger partial charge >= 0.3 is 0 Å². The van der Waals surface area contributed by atoms with Crippen molar-refractivity contribution in [1.82, 2.24) is 5.32 Å². The highest BCUT2D eigenvalue weighted by Gasteiger charge is 2.20. The van der Waals surface area contributed by atoms with Crippen LogP contribution in [0.25, 0.3) is 0 Å². The summed E-state index contributed by atoms with van der Waals surface area (Å²) in [6.07, 6.45) is 2.48. The number of benzene rings is 1. The third kappa shape index (κ3) is 1.94. The van der Waals surface area contributed by atoms with E-state index in [4.69, 9.17) is 0 Å². The maximum Gasteiger partial charge on any atom is 0.0492 e. The fourth-order valence-corrected chi connectivity index (χ4v) is 4.07. The molecular weight excluding hydrogens is 218 g/mol. The number of fused-ring (bicyclic) bond motifs is 1. The van der Waals surface area contributed by atoms with Gasteiger partial charge in [-0.1, -0.05) is 18.2 Å². The molecule has 2 aliphatic rings. The van der Waals surface area contributed by atoms with Crippen LogP contribution in [0.1, 0.15) is 35.4 Å². The first kappa shape index (κ1) is 10.5. The van der Waals surface area contributed by atoms with E-state index in [1.54, 1.807) is 0 Å². The first-order valence-electron chi connectivity index (χ1n) is 6.00. The van der Waals surface area contributed by atoms with E-state index in [0.717, 1.165) is 24.6 Å². The predicted octanol–water partition coefficient (Wildman–Crippen LogP) is 1.92. The maximum absolute atomic E-state index is 11.5. The Morgan fingerprint density at radius 1 is 1.12 bits per heavy atom. The lowest BCUT2D eigenvalue weighted by Gasteiger charge is -2.23. The van der Waals surface area contributed by atoms with Gasteiger partial charge in [-0.15, -0.1) is 0 Å². The topological polar surface area (TPSA) is 29.1 Å². The summed E-state index contributed by atoms with van der Waals surface area (Å²) >= 11 is 0. The van der Waals surface area contributed by atoms with Gasteiger partial charge in [0, 0.05) is 22.3 Å². The van der Waals surface area contributed by atoms with E-state index in [9.17, 15) is 4.21 Å². The lowest BCUT2D eigenvalue weighted by atomic mass is 9.89. The molecule has 3 rings (SSSR count). The van der Waals surface area contributed by atoms with Gasteiger partial charge in [0.15, 0.2) is 0 Å². The van der Waals surface area contributed by atoms with Crippen molar-refractivity contribution in [3.05, 3.63) is 34.9 Å². The summed E-state index contributed by atoms with van der Waals surface area (Å²) in [5.74, 6) is 2.25. The van der Waals surface area contributed by atoms with E-state index in [1.807, 2.05) is 0 Å². The van der Waals surface area contributed by atoms with Crippen LogP contribution in [0.15, 0.2) is 18.2 Å². The van der Waals surface area contributed by atoms with Crippen LogP contribution in [-0.2, 0) is 22.3 Å². The van der Waals surface area contributed by atoms with Crippen LogP contribution in [0.2, 0.25) is 0 Å². The Bertz CT molecular complexity index is 424. The van der Waals surface area contributed by atoms with Crippen molar-refractivity contribution in [2.45, 2.75) is 30.3 Å². The average molecular weight is 235 g/mol. The van der Waals surface area contributed by atoms with Crippen LogP contribution in [0.4, 0.5) is 0 Å². The van der Waals surface area contributed by atoms with Crippen LogP contribution < -0.4 is 5.32 Å². The molecule has 2 aliphatic heterocycles. The zero-order valence-electron chi connectivity index (χ0n) is 9.37. The van der Waals surface area contributed by atoms with E-state index < -0.39 is 10.8 Å². The highest BCUT2D eigenvalue weighted by molar-refractivity contribution is 7.83. The van der Waals surface area contributed by atoms with E-state index in [0.29, 0.717) is 5.92 Å². The molecule has 0 spiro atoms. The van der Waals surface area contributed by atoms with Gasteiger partial charge in [-0.2, -0.15) is 0 Å². The molecule has 1 saturated heterocycles. The monoisotopic (exact) mass is 235 g/mol. The molecule has 0 amide bonds. The summed E-state index contributed by atoms with van der Waals surface area (Å²) in [6.45, 7) is 2.27. The molecule has 86 valence electrons. The van der Waals surface area contributed by atoms with Crippen LogP contribution in [0.5, 0.6) is 0 Å². The molecule has 0 radical (unpaired) electrons. The minimum atomic E-state index is -0.645. The quantitative estimate of drug-likeness (QED) is 0.805. The van der Waals surface area contributed by atoms with Crippen molar-refractivity contribution in [2.75, 3.05) is 13.1 Å². The molecule has 1 aromatic carbocycles. The Morgan fingerprint density at radius 3 is 2.69 bits per heavy atom. The van der Waals surface area contributed by atoms with Crippen molar-refractivity contribution in [1.29, 1.82) is 0 Å². The van der Waals surface area contributed by atoms with Crippen molar-refractivity contribution in [3.8, 4) is 0 Å². The van der Waals surface area contributed by atoms with Crippen LogP contribution in [0.3, 0.4) is 0 Å². The molecule has 0 aliphatic carbocycles. The Morgan fingerprint density at radius 2 is 1.88 bits per heavy atom. The molecule has 0 saturated carbocycles. The second kappa shape index (κ2) is 4.30. The summed E-state index contributed by atoms with van der Waals surface area (Å²) in [6, 6.07) is 6.74. The van der Waals surface area contributed by atoms with Crippen molar-refractivity contribution >= 4 is 10.8 Å². The zero-order chi connectivity index (χ0) is 11.0. The average Bonchev–Trinajstić information content (AvgIpc) is 2.69. The molecule has 1 aromatic rings. The highest BCUT2D eigenvalue weighted by Crippen LogP contribution is 2.30. The zero-order valence-corrected chi connectivity index (χ0v) is 10.2. The Balaban J connectivity index is 1.86. The van der Waals surface area contributed by atoms with Gasteiger partial charge in [0.2, 0.25) is 0 Å². The molecular formula is C13H17NOS. The lowest BCUT2D eigenvalue weighted by molar-refractivity contribution is 0.460. The van der Waals surface area contributed by atoms with Crippen LogP contribution in [-0.4, -0.2) is 17.3 Å². The molecule has 0 aromatic heterocycles. The Hall–Kier alpha value is -0.670. The molecule has 1 N–H and O–H groups in total. The van der Waals surface area contributed by atoms with Gasteiger partial charge in [-0.25, -0.2) is 0 Å². The summed E-state index contributed by atoms with van der Waals surface area (Å²) < 4.78 is 11.5. The van der Waals surface area contributed by atoms with E-state index in [-0.39, 0.29) is 0 Å². The Kier molecular flexibility index (Phi) is 2.82. The van der Waals surface area contributed by atoms with Gasteiger partial charge in [0.1, 0.15) is 0 Å². The Labute approximate surface area is 98.9 Å². The maximum atomic E-state index is 11.5. The van der Waals surface area contributed by atoms with E-state index in [2.05, 4.69) is 23.5 Å². The SMILES string of the molecule is O=S1Cc2ccc(C3CCNCC3)cc2C1. The lowest BCUT2D eigenvalue weighted by Crippen LogP contribution is -2.26. The van der Waals surface area contributed by atoms with Gasteiger partial charge < -0.3 is 5.32 Å². The van der Waals surface area contributed by atoms with Crippen LogP contribution >= 0.6 is 0 Å². The highest BCUT2D eigenvalue weighted by atomic mass is 32.2. The molecule has 16 heavy (non-hydrogen) atoms. The van der Waals surface area contributed by atoms with Crippen molar-refractivity contribution in [2.24, 2.45) is 0 Å². The normalized spacial score (nSPS) is 25.6. The standard InChI is InChI=1S/C13H17NOS/c15-16-8-12-2-1-11(7-13(12)9-16)10-3-5-14-6-4-10/h1-2,7,10,14H,3-6,8-9H2. The van der Waals surface area contributed by atoms with Crippen molar-refractivity contribution in [3.63, 3.8) is 0 Å². The van der Waals surface area contributed by atoms with E-state index in [1.165, 1.54) is 29.5 Å². The first-order chi connectivity index (χ1) is 7.83. The second-order valence-electron chi connectivity index (χ2n) is 4.78. The minimum Gasteiger partial charge on any atom is -0.317 e. The molecule has 3 heteroatoms. The number of piperidine rings is 1. The van der Waals surface area contributed by atoms with Gasteiger partial charge in [-0.3, -0.25) is 4.21 Å². The molecule has 1 atom stereocenters. The third-order valence-electron chi connectivity index (χ3n) is 3.67. The van der Waals surface area contributed by atoms with E-state index >= 15 is 0 Å². The number of hydrogen-bond acceptors (Lipinski definition) is 2. The largest absolute Gasteiger partial charge is 0.317 e. The van der Waals surface area contributed by atoms with Crippen molar-refractivity contribution < 1.29 is 4.21 Å². The number of nitrogens with one attached hydrogen (secondary N) is 1. The molecule has 1 fully saturated rings. The molecule has 1 unspecified atom stereocenters. The minimum absolute atomic E-state index is 0.645. The van der Waals surface area contributed by atoms with Crippen LogP contribution in [0, 0.1) is 0 Å². The smallest absolute Gasteiger partial charge is 0.0492 e. The fraction of sp³-hybridized carbons (Fsp3) is 0.538. The second-order valence-corrected chi connectivity index (χ2v) is 6.24. The number of hydrogen-bond donors (Lipinski definition) is 1. The molecule has 2 nitrogen and oxygen atoms in total. The van der Waals surface area contributed by atoms with Gasteiger partial charge in [0.05, 0.1) is 0 Å². The van der Waals surface area contributed by atoms with Gasteiger partial charge in [0.25, 0.3) is 0 Å². The summed E-state index contributed by atoms with van der Waals surface area (Å²) in [5, 5.41) is 3.40. The molecule has 2 heterocycles. The summed E-state index contributed by atoms with van der Waals surface area (Å²) in [4.78, 5) is 0. The third-order valence-corrected chi connectivity index (χ3v) is 4.94. The van der Waals surface area contributed by atoms with Gasteiger partial charge in [-0.05, 0) is 48.5 Å². The number of rotatable bonds is 1.